The Morgan fingerprint density at radius 3 is 2.48 bits per heavy atom. The molecule has 1 aliphatic rings. The summed E-state index contributed by atoms with van der Waals surface area (Å²) in [5.74, 6) is -0.852. The number of piperazine rings is 1. The van der Waals surface area contributed by atoms with Crippen LogP contribution in [0, 0.1) is 5.82 Å². The van der Waals surface area contributed by atoms with Gasteiger partial charge in [-0.15, -0.1) is 0 Å². The molecule has 0 atom stereocenters. The highest BCUT2D eigenvalue weighted by molar-refractivity contribution is 7.89. The Hall–Kier alpha value is -1.38. The SMILES string of the molecule is COC(=O)N1CCN(S(=O)(=O)c2cc(Cl)ccc2F)CC1. The van der Waals surface area contributed by atoms with E-state index >= 15 is 0 Å². The normalized spacial score (nSPS) is 16.8. The van der Waals surface area contributed by atoms with Gasteiger partial charge in [0.25, 0.3) is 0 Å². The molecule has 9 heteroatoms. The summed E-state index contributed by atoms with van der Waals surface area (Å²) in [6, 6.07) is 3.38. The number of hydrogen-bond donors (Lipinski definition) is 0. The fourth-order valence-corrected chi connectivity index (χ4v) is 3.80. The fourth-order valence-electron chi connectivity index (χ4n) is 2.05. The van der Waals surface area contributed by atoms with Crippen LogP contribution in [-0.4, -0.2) is 57.0 Å². The van der Waals surface area contributed by atoms with Crippen LogP contribution >= 0.6 is 11.6 Å². The highest BCUT2D eigenvalue weighted by Gasteiger charge is 2.32. The lowest BCUT2D eigenvalue weighted by molar-refractivity contribution is 0.108. The van der Waals surface area contributed by atoms with Crippen molar-refractivity contribution in [2.24, 2.45) is 0 Å². The monoisotopic (exact) mass is 336 g/mol. The number of nitrogens with zero attached hydrogens (tertiary/aromatic N) is 2. The van der Waals surface area contributed by atoms with E-state index in [1.165, 1.54) is 18.1 Å². The van der Waals surface area contributed by atoms with E-state index in [9.17, 15) is 17.6 Å². The quantitative estimate of drug-likeness (QED) is 0.822. The van der Waals surface area contributed by atoms with Crippen molar-refractivity contribution in [3.05, 3.63) is 29.0 Å². The van der Waals surface area contributed by atoms with Crippen LogP contribution in [0.5, 0.6) is 0 Å². The van der Waals surface area contributed by atoms with E-state index in [0.717, 1.165) is 16.4 Å². The van der Waals surface area contributed by atoms with Crippen LogP contribution < -0.4 is 0 Å². The highest BCUT2D eigenvalue weighted by atomic mass is 35.5. The molecular weight excluding hydrogens is 323 g/mol. The van der Waals surface area contributed by atoms with Crippen molar-refractivity contribution in [1.82, 2.24) is 9.21 Å². The van der Waals surface area contributed by atoms with E-state index in [4.69, 9.17) is 11.6 Å². The zero-order valence-corrected chi connectivity index (χ0v) is 12.8. The third-order valence-corrected chi connectivity index (χ3v) is 5.33. The van der Waals surface area contributed by atoms with E-state index in [0.29, 0.717) is 0 Å². The molecule has 0 aromatic heterocycles. The molecule has 1 aromatic carbocycles. The minimum absolute atomic E-state index is 0.0728. The molecule has 1 saturated heterocycles. The molecular formula is C12H14ClFN2O4S. The maximum absolute atomic E-state index is 13.7. The summed E-state index contributed by atoms with van der Waals surface area (Å²) >= 11 is 5.73. The Kier molecular flexibility index (Phi) is 4.70. The average Bonchev–Trinajstić information content (AvgIpc) is 2.49. The summed E-state index contributed by atoms with van der Waals surface area (Å²) < 4.78 is 44.2. The van der Waals surface area contributed by atoms with E-state index in [1.807, 2.05) is 0 Å². The van der Waals surface area contributed by atoms with Gasteiger partial charge in [0.2, 0.25) is 10.0 Å². The van der Waals surface area contributed by atoms with E-state index in [2.05, 4.69) is 4.74 Å². The van der Waals surface area contributed by atoms with Crippen LogP contribution in [0.2, 0.25) is 5.02 Å². The van der Waals surface area contributed by atoms with Gasteiger partial charge in [0.1, 0.15) is 10.7 Å². The van der Waals surface area contributed by atoms with Gasteiger partial charge in [-0.3, -0.25) is 0 Å². The summed E-state index contributed by atoms with van der Waals surface area (Å²) in [4.78, 5) is 12.3. The van der Waals surface area contributed by atoms with Crippen molar-refractivity contribution >= 4 is 27.7 Å². The molecule has 0 spiro atoms. The number of methoxy groups -OCH3 is 1. The van der Waals surface area contributed by atoms with Gasteiger partial charge < -0.3 is 9.64 Å². The Balaban J connectivity index is 2.19. The minimum atomic E-state index is -3.98. The third kappa shape index (κ3) is 3.28. The molecule has 116 valence electrons. The third-order valence-electron chi connectivity index (χ3n) is 3.18. The molecule has 0 saturated carbocycles. The lowest BCUT2D eigenvalue weighted by Crippen LogP contribution is -2.50. The second kappa shape index (κ2) is 6.17. The first-order valence-electron chi connectivity index (χ1n) is 6.14. The van der Waals surface area contributed by atoms with Gasteiger partial charge in [-0.05, 0) is 18.2 Å². The van der Waals surface area contributed by atoms with Crippen LogP contribution in [0.4, 0.5) is 9.18 Å². The molecule has 1 amide bonds. The average molecular weight is 337 g/mol. The Bertz CT molecular complexity index is 645. The van der Waals surface area contributed by atoms with Crippen LogP contribution in [0.3, 0.4) is 0 Å². The van der Waals surface area contributed by atoms with Gasteiger partial charge in [-0.1, -0.05) is 11.6 Å². The first-order valence-corrected chi connectivity index (χ1v) is 7.96. The summed E-state index contributed by atoms with van der Waals surface area (Å²) in [5.41, 5.74) is 0. The van der Waals surface area contributed by atoms with E-state index in [-0.39, 0.29) is 31.2 Å². The van der Waals surface area contributed by atoms with Crippen molar-refractivity contribution in [2.75, 3.05) is 33.3 Å². The molecule has 6 nitrogen and oxygen atoms in total. The number of sulfonamides is 1. The molecule has 0 aliphatic carbocycles. The van der Waals surface area contributed by atoms with Crippen LogP contribution in [0.1, 0.15) is 0 Å². The largest absolute Gasteiger partial charge is 0.453 e. The Labute approximate surface area is 127 Å². The first kappa shape index (κ1) is 16.0. The number of carbonyl (C=O) groups is 1. The number of ether oxygens (including phenoxy) is 1. The van der Waals surface area contributed by atoms with Crippen molar-refractivity contribution in [3.63, 3.8) is 0 Å². The van der Waals surface area contributed by atoms with E-state index in [1.54, 1.807) is 0 Å². The lowest BCUT2D eigenvalue weighted by Gasteiger charge is -2.33. The maximum atomic E-state index is 13.7. The smallest absolute Gasteiger partial charge is 0.409 e. The molecule has 0 bridgehead atoms. The van der Waals surface area contributed by atoms with Gasteiger partial charge in [-0.2, -0.15) is 4.31 Å². The van der Waals surface area contributed by atoms with Gasteiger partial charge >= 0.3 is 6.09 Å². The summed E-state index contributed by atoms with van der Waals surface area (Å²) in [5, 5.41) is 0.142. The molecule has 0 N–H and O–H groups in total. The second-order valence-electron chi connectivity index (χ2n) is 4.44. The van der Waals surface area contributed by atoms with Gasteiger partial charge in [0.15, 0.2) is 0 Å². The lowest BCUT2D eigenvalue weighted by atomic mass is 10.3. The second-order valence-corrected chi connectivity index (χ2v) is 6.78. The zero-order valence-electron chi connectivity index (χ0n) is 11.3. The van der Waals surface area contributed by atoms with Crippen molar-refractivity contribution in [1.29, 1.82) is 0 Å². The number of halogens is 2. The standard InChI is InChI=1S/C12H14ClFN2O4S/c1-20-12(17)15-4-6-16(7-5-15)21(18,19)11-8-9(13)2-3-10(11)14/h2-3,8H,4-7H2,1H3. The molecule has 1 aliphatic heterocycles. The molecule has 1 heterocycles. The Morgan fingerprint density at radius 2 is 1.90 bits per heavy atom. The molecule has 0 radical (unpaired) electrons. The van der Waals surface area contributed by atoms with Gasteiger partial charge in [0, 0.05) is 31.2 Å². The van der Waals surface area contributed by atoms with Crippen LogP contribution in [0.25, 0.3) is 0 Å². The van der Waals surface area contributed by atoms with E-state index < -0.39 is 26.8 Å². The van der Waals surface area contributed by atoms with Crippen molar-refractivity contribution in [2.45, 2.75) is 4.90 Å². The van der Waals surface area contributed by atoms with Crippen molar-refractivity contribution in [3.8, 4) is 0 Å². The van der Waals surface area contributed by atoms with Gasteiger partial charge in [-0.25, -0.2) is 17.6 Å². The van der Waals surface area contributed by atoms with Crippen LogP contribution in [-0.2, 0) is 14.8 Å². The van der Waals surface area contributed by atoms with Crippen LogP contribution in [0.15, 0.2) is 23.1 Å². The number of amides is 1. The molecule has 0 unspecified atom stereocenters. The topological polar surface area (TPSA) is 66.9 Å². The number of rotatable bonds is 2. The maximum Gasteiger partial charge on any atom is 0.409 e. The highest BCUT2D eigenvalue weighted by Crippen LogP contribution is 2.24. The zero-order chi connectivity index (χ0) is 15.6. The minimum Gasteiger partial charge on any atom is -0.453 e. The molecule has 1 fully saturated rings. The first-order chi connectivity index (χ1) is 9.86. The summed E-state index contributed by atoms with van der Waals surface area (Å²) in [6.07, 6.45) is -0.513. The number of carbonyl (C=O) groups excluding carboxylic acids is 1. The Morgan fingerprint density at radius 1 is 1.29 bits per heavy atom. The molecule has 21 heavy (non-hydrogen) atoms. The van der Waals surface area contributed by atoms with Crippen molar-refractivity contribution < 1.29 is 22.3 Å². The van der Waals surface area contributed by atoms with Gasteiger partial charge in [0.05, 0.1) is 7.11 Å². The molecule has 1 aromatic rings. The summed E-state index contributed by atoms with van der Waals surface area (Å²) in [6.45, 7) is 0.523. The molecule has 2 rings (SSSR count). The number of hydrogen-bond acceptors (Lipinski definition) is 4. The predicted octanol–water partition coefficient (Wildman–Crippen LogP) is 1.55. The number of benzene rings is 1. The predicted molar refractivity (Wildman–Crippen MR) is 74.1 cm³/mol. The summed E-state index contributed by atoms with van der Waals surface area (Å²) in [7, 11) is -2.72. The fraction of sp³-hybridized carbons (Fsp3) is 0.417.